The van der Waals surface area contributed by atoms with E-state index in [1.165, 1.54) is 24.9 Å². The first kappa shape index (κ1) is 13.2. The van der Waals surface area contributed by atoms with Gasteiger partial charge >= 0.3 is 0 Å². The average Bonchev–Trinajstić information content (AvgIpc) is 2.42. The summed E-state index contributed by atoms with van der Waals surface area (Å²) in [6.45, 7) is 6.94. The van der Waals surface area contributed by atoms with Crippen LogP contribution in [0.4, 0.5) is 0 Å². The van der Waals surface area contributed by atoms with Gasteiger partial charge in [-0.25, -0.2) is 0 Å². The van der Waals surface area contributed by atoms with E-state index in [1.54, 1.807) is 0 Å². The number of nitrogens with one attached hydrogen (secondary N) is 1. The van der Waals surface area contributed by atoms with Crippen LogP contribution >= 0.6 is 0 Å². The molecule has 1 saturated heterocycles. The Morgan fingerprint density at radius 1 is 1.39 bits per heavy atom. The molecule has 0 amide bonds. The van der Waals surface area contributed by atoms with E-state index in [-0.39, 0.29) is 0 Å². The molecule has 18 heavy (non-hydrogen) atoms. The zero-order valence-corrected chi connectivity index (χ0v) is 11.0. The predicted octanol–water partition coefficient (Wildman–Crippen LogP) is 3.18. The zero-order chi connectivity index (χ0) is 12.6. The van der Waals surface area contributed by atoms with Crippen molar-refractivity contribution in [2.45, 2.75) is 25.7 Å². The Morgan fingerprint density at radius 3 is 3.06 bits per heavy atom. The molecule has 0 aromatic heterocycles. The first-order valence-electron chi connectivity index (χ1n) is 6.92. The van der Waals surface area contributed by atoms with Crippen molar-refractivity contribution in [3.05, 3.63) is 42.5 Å². The number of piperidine rings is 1. The first-order chi connectivity index (χ1) is 8.90. The number of rotatable bonds is 6. The summed E-state index contributed by atoms with van der Waals surface area (Å²) < 4.78 is 5.92. The van der Waals surface area contributed by atoms with Gasteiger partial charge in [-0.05, 0) is 56.3 Å². The molecular formula is C16H23NO. The Morgan fingerprint density at radius 2 is 2.28 bits per heavy atom. The molecule has 1 atom stereocenters. The maximum atomic E-state index is 5.92. The average molecular weight is 245 g/mol. The third-order valence-electron chi connectivity index (χ3n) is 3.52. The Kier molecular flexibility index (Phi) is 5.28. The van der Waals surface area contributed by atoms with Crippen molar-refractivity contribution in [2.24, 2.45) is 5.92 Å². The van der Waals surface area contributed by atoms with Crippen molar-refractivity contribution < 1.29 is 4.74 Å². The van der Waals surface area contributed by atoms with Gasteiger partial charge in [-0.3, -0.25) is 0 Å². The smallest absolute Gasteiger partial charge is 0.122 e. The summed E-state index contributed by atoms with van der Waals surface area (Å²) in [6.07, 6.45) is 6.59. The molecule has 2 heteroatoms. The van der Waals surface area contributed by atoms with Crippen LogP contribution in [0.5, 0.6) is 5.75 Å². The van der Waals surface area contributed by atoms with Gasteiger partial charge in [0.25, 0.3) is 0 Å². The molecule has 0 saturated carbocycles. The first-order valence-corrected chi connectivity index (χ1v) is 6.92. The van der Waals surface area contributed by atoms with Crippen LogP contribution in [0.2, 0.25) is 0 Å². The summed E-state index contributed by atoms with van der Waals surface area (Å²) in [7, 11) is 0. The van der Waals surface area contributed by atoms with Crippen LogP contribution in [-0.2, 0) is 6.42 Å². The number of allylic oxidation sites excluding steroid dienone is 1. The third-order valence-corrected chi connectivity index (χ3v) is 3.52. The molecule has 0 radical (unpaired) electrons. The lowest BCUT2D eigenvalue weighted by atomic mass is 9.97. The molecule has 1 aliphatic heterocycles. The normalized spacial score (nSPS) is 19.4. The van der Waals surface area contributed by atoms with E-state index in [1.807, 2.05) is 12.1 Å². The minimum absolute atomic E-state index is 0.783. The minimum Gasteiger partial charge on any atom is -0.493 e. The van der Waals surface area contributed by atoms with E-state index in [0.717, 1.165) is 37.7 Å². The number of ether oxygens (including phenoxy) is 1. The maximum absolute atomic E-state index is 5.92. The summed E-state index contributed by atoms with van der Waals surface area (Å²) in [6, 6.07) is 8.25. The van der Waals surface area contributed by atoms with E-state index in [9.17, 15) is 0 Å². The Balaban J connectivity index is 1.80. The zero-order valence-electron chi connectivity index (χ0n) is 11.0. The quantitative estimate of drug-likeness (QED) is 0.777. The highest BCUT2D eigenvalue weighted by Crippen LogP contribution is 2.20. The van der Waals surface area contributed by atoms with Crippen molar-refractivity contribution in [3.8, 4) is 5.75 Å². The second kappa shape index (κ2) is 7.22. The predicted molar refractivity (Wildman–Crippen MR) is 76.0 cm³/mol. The number of para-hydroxylation sites is 1. The van der Waals surface area contributed by atoms with Gasteiger partial charge in [-0.2, -0.15) is 0 Å². The highest BCUT2D eigenvalue weighted by atomic mass is 16.5. The highest BCUT2D eigenvalue weighted by Gasteiger charge is 2.12. The topological polar surface area (TPSA) is 21.3 Å². The molecule has 1 N–H and O–H groups in total. The summed E-state index contributed by atoms with van der Waals surface area (Å²) in [5.41, 5.74) is 1.23. The molecule has 2 rings (SSSR count). The lowest BCUT2D eigenvalue weighted by Crippen LogP contribution is -2.30. The molecule has 0 aliphatic carbocycles. The molecule has 2 nitrogen and oxygen atoms in total. The molecule has 1 heterocycles. The van der Waals surface area contributed by atoms with Crippen LogP contribution < -0.4 is 10.1 Å². The summed E-state index contributed by atoms with van der Waals surface area (Å²) >= 11 is 0. The van der Waals surface area contributed by atoms with Gasteiger partial charge < -0.3 is 10.1 Å². The van der Waals surface area contributed by atoms with Gasteiger partial charge in [0, 0.05) is 0 Å². The van der Waals surface area contributed by atoms with E-state index < -0.39 is 0 Å². The van der Waals surface area contributed by atoms with Gasteiger partial charge in [-0.15, -0.1) is 6.58 Å². The molecule has 0 bridgehead atoms. The summed E-state index contributed by atoms with van der Waals surface area (Å²) in [5, 5.41) is 3.45. The lowest BCUT2D eigenvalue weighted by Gasteiger charge is -2.22. The highest BCUT2D eigenvalue weighted by molar-refractivity contribution is 5.34. The second-order valence-electron chi connectivity index (χ2n) is 4.95. The summed E-state index contributed by atoms with van der Waals surface area (Å²) in [4.78, 5) is 0. The van der Waals surface area contributed by atoms with E-state index in [0.29, 0.717) is 0 Å². The van der Waals surface area contributed by atoms with Crippen molar-refractivity contribution in [1.82, 2.24) is 5.32 Å². The van der Waals surface area contributed by atoms with Crippen molar-refractivity contribution >= 4 is 0 Å². The Labute approximate surface area is 110 Å². The van der Waals surface area contributed by atoms with Crippen LogP contribution in [0.3, 0.4) is 0 Å². The van der Waals surface area contributed by atoms with Crippen LogP contribution in [0.15, 0.2) is 36.9 Å². The van der Waals surface area contributed by atoms with Gasteiger partial charge in [0.1, 0.15) is 5.75 Å². The standard InChI is InChI=1S/C16H23NO/c1-2-6-15-8-3-4-9-16(15)18-12-10-14-7-5-11-17-13-14/h2-4,8-9,14,17H,1,5-7,10-13H2/t14-/m0/s1. The Hall–Kier alpha value is -1.28. The van der Waals surface area contributed by atoms with E-state index in [2.05, 4.69) is 30.1 Å². The van der Waals surface area contributed by atoms with E-state index in [4.69, 9.17) is 4.74 Å². The largest absolute Gasteiger partial charge is 0.493 e. The van der Waals surface area contributed by atoms with Crippen molar-refractivity contribution in [2.75, 3.05) is 19.7 Å². The molecule has 1 aliphatic rings. The molecule has 0 unspecified atom stereocenters. The maximum Gasteiger partial charge on any atom is 0.122 e. The molecule has 98 valence electrons. The Bertz CT molecular complexity index is 369. The van der Waals surface area contributed by atoms with Crippen LogP contribution in [0, 0.1) is 5.92 Å². The molecule has 0 spiro atoms. The molecule has 1 aromatic rings. The van der Waals surface area contributed by atoms with Crippen LogP contribution in [0.1, 0.15) is 24.8 Å². The van der Waals surface area contributed by atoms with Crippen molar-refractivity contribution in [1.29, 1.82) is 0 Å². The number of hydrogen-bond acceptors (Lipinski definition) is 2. The number of benzene rings is 1. The van der Waals surface area contributed by atoms with Crippen LogP contribution in [-0.4, -0.2) is 19.7 Å². The monoisotopic (exact) mass is 245 g/mol. The van der Waals surface area contributed by atoms with Crippen LogP contribution in [0.25, 0.3) is 0 Å². The molecular weight excluding hydrogens is 222 g/mol. The third kappa shape index (κ3) is 3.88. The molecule has 1 aromatic carbocycles. The van der Waals surface area contributed by atoms with Gasteiger partial charge in [0.15, 0.2) is 0 Å². The SMILES string of the molecule is C=CCc1ccccc1OCC[C@@H]1CCCNC1. The van der Waals surface area contributed by atoms with Crippen molar-refractivity contribution in [3.63, 3.8) is 0 Å². The fourth-order valence-corrected chi connectivity index (χ4v) is 2.47. The van der Waals surface area contributed by atoms with Gasteiger partial charge in [-0.1, -0.05) is 24.3 Å². The van der Waals surface area contributed by atoms with E-state index >= 15 is 0 Å². The second-order valence-corrected chi connectivity index (χ2v) is 4.95. The summed E-state index contributed by atoms with van der Waals surface area (Å²) in [5.74, 6) is 1.80. The minimum atomic E-state index is 0.783. The molecule has 1 fully saturated rings. The van der Waals surface area contributed by atoms with Gasteiger partial charge in [0.05, 0.1) is 6.61 Å². The fourth-order valence-electron chi connectivity index (χ4n) is 2.47. The fraction of sp³-hybridized carbons (Fsp3) is 0.500. The number of hydrogen-bond donors (Lipinski definition) is 1. The van der Waals surface area contributed by atoms with Gasteiger partial charge in [0.2, 0.25) is 0 Å². The lowest BCUT2D eigenvalue weighted by molar-refractivity contribution is 0.252.